The van der Waals surface area contributed by atoms with E-state index in [2.05, 4.69) is 4.98 Å². The Labute approximate surface area is 252 Å². The molecule has 2 atom stereocenters. The van der Waals surface area contributed by atoms with Gasteiger partial charge in [-0.15, -0.1) is 0 Å². The number of Topliss-reactive ketones (excluding diaryl/α,β-unsaturated/α-hetero) is 1. The summed E-state index contributed by atoms with van der Waals surface area (Å²) < 4.78 is 64.0. The molecule has 4 rings (SSSR count). The van der Waals surface area contributed by atoms with Gasteiger partial charge in [-0.3, -0.25) is 4.79 Å². The summed E-state index contributed by atoms with van der Waals surface area (Å²) in [5.41, 5.74) is 1.48. The molecule has 0 saturated carbocycles. The molecule has 3 aromatic rings. The van der Waals surface area contributed by atoms with Gasteiger partial charge in [0.2, 0.25) is 5.75 Å². The van der Waals surface area contributed by atoms with Crippen LogP contribution in [0.1, 0.15) is 62.9 Å². The van der Waals surface area contributed by atoms with E-state index in [-0.39, 0.29) is 23.4 Å². The molecule has 0 unspecified atom stereocenters. The fourth-order valence-corrected chi connectivity index (χ4v) is 6.52. The number of hydrogen-bond acceptors (Lipinski definition) is 10. The molecular weight excluding hydrogens is 576 g/mol. The molecule has 0 N–H and O–H groups in total. The van der Waals surface area contributed by atoms with Crippen molar-refractivity contribution in [3.05, 3.63) is 54.1 Å². The summed E-state index contributed by atoms with van der Waals surface area (Å²) in [6.45, 7) is 4.47. The van der Waals surface area contributed by atoms with Crippen LogP contribution in [0, 0.1) is 0 Å². The summed E-state index contributed by atoms with van der Waals surface area (Å²) in [7, 11) is 0.639. The first-order valence-electron chi connectivity index (χ1n) is 14.3. The quantitative estimate of drug-likeness (QED) is 0.200. The number of ketones is 1. The number of imidazole rings is 1. The molecular formula is C31H40N2O9S. The lowest BCUT2D eigenvalue weighted by atomic mass is 10.0. The van der Waals surface area contributed by atoms with E-state index in [1.165, 1.54) is 6.92 Å². The van der Waals surface area contributed by atoms with Crippen LogP contribution in [0.5, 0.6) is 28.7 Å². The van der Waals surface area contributed by atoms with Crippen molar-refractivity contribution in [2.75, 3.05) is 40.3 Å². The summed E-state index contributed by atoms with van der Waals surface area (Å²) in [6, 6.07) is 7.06. The molecule has 1 aliphatic rings. The number of rotatable bonds is 16. The predicted molar refractivity (Wildman–Crippen MR) is 159 cm³/mol. The van der Waals surface area contributed by atoms with Gasteiger partial charge in [-0.05, 0) is 68.0 Å². The number of carbonyl (C=O) groups excluding carboxylic acids is 1. The SMILES string of the molecule is CCCOc1c(OCCCn2ccnc2)cc([C@H]2CC[C@H](c3cc(OC)c(OC)c(OC)c3)O2)cc1S(=O)(=O)CC(C)=O. The van der Waals surface area contributed by atoms with Crippen molar-refractivity contribution in [3.63, 3.8) is 0 Å². The fraction of sp³-hybridized carbons (Fsp3) is 0.484. The number of aromatic nitrogens is 2. The summed E-state index contributed by atoms with van der Waals surface area (Å²) in [4.78, 5) is 15.9. The van der Waals surface area contributed by atoms with E-state index in [1.807, 2.05) is 29.8 Å². The highest BCUT2D eigenvalue weighted by atomic mass is 32.2. The van der Waals surface area contributed by atoms with Crippen LogP contribution in [0.15, 0.2) is 47.9 Å². The van der Waals surface area contributed by atoms with E-state index in [0.717, 1.165) is 5.56 Å². The Morgan fingerprint density at radius 3 is 2.14 bits per heavy atom. The van der Waals surface area contributed by atoms with E-state index in [9.17, 15) is 13.2 Å². The van der Waals surface area contributed by atoms with Crippen LogP contribution in [0.4, 0.5) is 0 Å². The number of nitrogens with zero attached hydrogens (tertiary/aromatic N) is 2. The molecule has 234 valence electrons. The number of sulfone groups is 1. The highest BCUT2D eigenvalue weighted by Crippen LogP contribution is 2.48. The smallest absolute Gasteiger partial charge is 0.203 e. The Morgan fingerprint density at radius 1 is 0.930 bits per heavy atom. The lowest BCUT2D eigenvalue weighted by molar-refractivity contribution is -0.114. The van der Waals surface area contributed by atoms with Crippen molar-refractivity contribution in [2.45, 2.75) is 63.2 Å². The molecule has 0 spiro atoms. The fourth-order valence-electron chi connectivity index (χ4n) is 5.08. The van der Waals surface area contributed by atoms with Gasteiger partial charge in [-0.2, -0.15) is 0 Å². The summed E-state index contributed by atoms with van der Waals surface area (Å²) in [5.74, 6) is 0.844. The average molecular weight is 617 g/mol. The predicted octanol–water partition coefficient (Wildman–Crippen LogP) is 5.12. The topological polar surface area (TPSA) is 124 Å². The van der Waals surface area contributed by atoms with E-state index < -0.39 is 27.5 Å². The van der Waals surface area contributed by atoms with Gasteiger partial charge in [-0.25, -0.2) is 13.4 Å². The molecule has 1 aromatic heterocycles. The van der Waals surface area contributed by atoms with Crippen LogP contribution in [-0.2, 0) is 25.9 Å². The van der Waals surface area contributed by atoms with Crippen molar-refractivity contribution in [2.24, 2.45) is 0 Å². The number of hydrogen-bond donors (Lipinski definition) is 0. The summed E-state index contributed by atoms with van der Waals surface area (Å²) in [6.07, 6.45) is 7.20. The van der Waals surface area contributed by atoms with Crippen molar-refractivity contribution in [3.8, 4) is 28.7 Å². The Balaban J connectivity index is 1.68. The molecule has 0 amide bonds. The van der Waals surface area contributed by atoms with E-state index in [4.69, 9.17) is 28.4 Å². The maximum Gasteiger partial charge on any atom is 0.203 e. The van der Waals surface area contributed by atoms with E-state index in [0.29, 0.717) is 67.4 Å². The molecule has 12 heteroatoms. The molecule has 43 heavy (non-hydrogen) atoms. The lowest BCUT2D eigenvalue weighted by Crippen LogP contribution is -2.17. The van der Waals surface area contributed by atoms with Gasteiger partial charge in [0.25, 0.3) is 0 Å². The third-order valence-electron chi connectivity index (χ3n) is 7.05. The minimum absolute atomic E-state index is 0.0712. The number of carbonyl (C=O) groups is 1. The van der Waals surface area contributed by atoms with Crippen LogP contribution in [0.25, 0.3) is 0 Å². The first-order valence-corrected chi connectivity index (χ1v) is 15.9. The Bertz CT molecular complexity index is 1460. The second-order valence-corrected chi connectivity index (χ2v) is 12.3. The van der Waals surface area contributed by atoms with Gasteiger partial charge >= 0.3 is 0 Å². The molecule has 1 saturated heterocycles. The van der Waals surface area contributed by atoms with Gasteiger partial charge < -0.3 is 33.0 Å². The zero-order valence-corrected chi connectivity index (χ0v) is 26.1. The minimum atomic E-state index is -4.02. The molecule has 0 aliphatic carbocycles. The summed E-state index contributed by atoms with van der Waals surface area (Å²) in [5, 5.41) is 0. The normalized spacial score (nSPS) is 16.6. The van der Waals surface area contributed by atoms with Crippen LogP contribution in [0.3, 0.4) is 0 Å². The number of aryl methyl sites for hydroxylation is 1. The van der Waals surface area contributed by atoms with Crippen molar-refractivity contribution >= 4 is 15.6 Å². The van der Waals surface area contributed by atoms with Crippen LogP contribution < -0.4 is 23.7 Å². The summed E-state index contributed by atoms with van der Waals surface area (Å²) >= 11 is 0. The van der Waals surface area contributed by atoms with Crippen molar-refractivity contribution in [1.82, 2.24) is 9.55 Å². The third-order valence-corrected chi connectivity index (χ3v) is 8.81. The highest BCUT2D eigenvalue weighted by Gasteiger charge is 2.33. The highest BCUT2D eigenvalue weighted by molar-refractivity contribution is 7.92. The first kappa shape index (κ1) is 32.2. The van der Waals surface area contributed by atoms with Crippen LogP contribution >= 0.6 is 0 Å². The second-order valence-electron chi connectivity index (χ2n) is 10.3. The molecule has 0 radical (unpaired) electrons. The van der Waals surface area contributed by atoms with Crippen LogP contribution in [-0.4, -0.2) is 64.0 Å². The monoisotopic (exact) mass is 616 g/mol. The molecule has 1 fully saturated rings. The molecule has 1 aliphatic heterocycles. The van der Waals surface area contributed by atoms with Crippen molar-refractivity contribution in [1.29, 1.82) is 0 Å². The lowest BCUT2D eigenvalue weighted by Gasteiger charge is -2.21. The zero-order chi connectivity index (χ0) is 31.0. The first-order chi connectivity index (χ1) is 20.7. The molecule has 11 nitrogen and oxygen atoms in total. The van der Waals surface area contributed by atoms with Gasteiger partial charge in [0.05, 0.1) is 53.1 Å². The van der Waals surface area contributed by atoms with Gasteiger partial charge in [0, 0.05) is 18.9 Å². The zero-order valence-electron chi connectivity index (χ0n) is 25.3. The molecule has 0 bridgehead atoms. The second kappa shape index (κ2) is 14.6. The van der Waals surface area contributed by atoms with Gasteiger partial charge in [-0.1, -0.05) is 6.92 Å². The van der Waals surface area contributed by atoms with E-state index >= 15 is 0 Å². The third kappa shape index (κ3) is 7.80. The standard InChI is InChI=1S/C31H40N2O9S/c1-6-13-41-31-28(40-14-7-11-33-12-10-32-20-33)17-23(18-29(31)43(35,36)19-21(2)34)25-9-8-24(42-25)22-15-26(37-3)30(39-5)27(16-22)38-4/h10,12,15-18,20,24-25H,6-9,11,13-14,19H2,1-5H3/t24-,25-/m1/s1. The maximum atomic E-state index is 13.5. The largest absolute Gasteiger partial charge is 0.493 e. The molecule has 2 aromatic carbocycles. The van der Waals surface area contributed by atoms with Gasteiger partial charge in [0.15, 0.2) is 32.8 Å². The number of ether oxygens (including phenoxy) is 6. The minimum Gasteiger partial charge on any atom is -0.493 e. The Morgan fingerprint density at radius 2 is 1.58 bits per heavy atom. The maximum absolute atomic E-state index is 13.5. The Kier molecular flexibility index (Phi) is 10.9. The van der Waals surface area contributed by atoms with Crippen LogP contribution in [0.2, 0.25) is 0 Å². The van der Waals surface area contributed by atoms with Gasteiger partial charge in [0.1, 0.15) is 16.4 Å². The average Bonchev–Trinajstić information content (AvgIpc) is 3.70. The number of methoxy groups -OCH3 is 3. The van der Waals surface area contributed by atoms with Crippen molar-refractivity contribution < 1.29 is 41.6 Å². The molecule has 2 heterocycles. The van der Waals surface area contributed by atoms with E-state index in [1.54, 1.807) is 46.0 Å². The number of benzene rings is 2. The Hall–Kier alpha value is -3.77.